The Morgan fingerprint density at radius 1 is 1.24 bits per heavy atom. The molecule has 6 heteroatoms. The number of rotatable bonds is 7. The van der Waals surface area contributed by atoms with Crippen molar-refractivity contribution in [3.63, 3.8) is 0 Å². The van der Waals surface area contributed by atoms with Gasteiger partial charge in [-0.05, 0) is 40.2 Å². The van der Waals surface area contributed by atoms with Crippen LogP contribution >= 0.6 is 0 Å². The van der Waals surface area contributed by atoms with Crippen molar-refractivity contribution in [1.29, 1.82) is 0 Å². The Morgan fingerprint density at radius 3 is 2.18 bits per heavy atom. The second-order valence-corrected chi connectivity index (χ2v) is 4.74. The summed E-state index contributed by atoms with van der Waals surface area (Å²) >= 11 is 0. The lowest BCUT2D eigenvalue weighted by molar-refractivity contribution is 0.229. The number of hydrogen-bond donors (Lipinski definition) is 2. The molecule has 0 aromatic heterocycles. The Morgan fingerprint density at radius 2 is 1.82 bits per heavy atom. The molecule has 0 fully saturated rings. The van der Waals surface area contributed by atoms with Gasteiger partial charge in [0.05, 0.1) is 6.04 Å². The first-order valence-electron chi connectivity index (χ1n) is 5.48. The fraction of sp³-hybridized carbons (Fsp3) is 0.818. The van der Waals surface area contributed by atoms with Gasteiger partial charge in [0.1, 0.15) is 5.54 Å². The predicted octanol–water partition coefficient (Wildman–Crippen LogP) is 0.262. The number of nitrogens with two attached hydrogens (primary N) is 2. The van der Waals surface area contributed by atoms with Crippen LogP contribution in [0.25, 0.3) is 0 Å². The molecule has 0 rings (SSSR count). The minimum atomic E-state index is -0.999. The van der Waals surface area contributed by atoms with Crippen molar-refractivity contribution in [2.24, 2.45) is 21.5 Å². The van der Waals surface area contributed by atoms with E-state index in [1.807, 2.05) is 0 Å². The average Bonchev–Trinajstić information content (AvgIpc) is 2.22. The topological polar surface area (TPSA) is 111 Å². The molecule has 6 nitrogen and oxygen atoms in total. The molecule has 17 heavy (non-hydrogen) atoms. The molecule has 0 aromatic carbocycles. The highest BCUT2D eigenvalue weighted by atomic mass is 16.1. The van der Waals surface area contributed by atoms with E-state index >= 15 is 0 Å². The molecular formula is C11H20N4O2. The SMILES string of the molecule is CC(C)(N)C(C)(N=C=O)C(CCCN)N=C=O. The summed E-state index contributed by atoms with van der Waals surface area (Å²) in [4.78, 5) is 28.5. The van der Waals surface area contributed by atoms with Crippen LogP contribution in [-0.4, -0.2) is 35.8 Å². The van der Waals surface area contributed by atoms with E-state index in [-0.39, 0.29) is 0 Å². The molecule has 0 aliphatic carbocycles. The predicted molar refractivity (Wildman–Crippen MR) is 65.0 cm³/mol. The summed E-state index contributed by atoms with van der Waals surface area (Å²) in [6, 6.07) is -0.523. The first-order valence-corrected chi connectivity index (χ1v) is 5.48. The largest absolute Gasteiger partial charge is 0.330 e. The van der Waals surface area contributed by atoms with Crippen LogP contribution in [-0.2, 0) is 9.59 Å². The number of aliphatic imine (C=N–C) groups is 2. The maximum atomic E-state index is 10.5. The lowest BCUT2D eigenvalue weighted by Crippen LogP contribution is -2.59. The van der Waals surface area contributed by atoms with Gasteiger partial charge in [0.25, 0.3) is 0 Å². The van der Waals surface area contributed by atoms with Crippen molar-refractivity contribution in [3.8, 4) is 0 Å². The average molecular weight is 240 g/mol. The molecule has 4 N–H and O–H groups in total. The van der Waals surface area contributed by atoms with Gasteiger partial charge in [-0.25, -0.2) is 9.59 Å². The van der Waals surface area contributed by atoms with E-state index in [2.05, 4.69) is 9.98 Å². The molecule has 96 valence electrons. The van der Waals surface area contributed by atoms with E-state index in [9.17, 15) is 9.59 Å². The highest BCUT2D eigenvalue weighted by Gasteiger charge is 2.45. The molecule has 0 radical (unpaired) electrons. The fourth-order valence-corrected chi connectivity index (χ4v) is 1.59. The Kier molecular flexibility index (Phi) is 5.93. The summed E-state index contributed by atoms with van der Waals surface area (Å²) in [5.74, 6) is 0. The van der Waals surface area contributed by atoms with Crippen LogP contribution < -0.4 is 11.5 Å². The van der Waals surface area contributed by atoms with Crippen molar-refractivity contribution in [2.45, 2.75) is 50.7 Å². The third kappa shape index (κ3) is 3.88. The lowest BCUT2D eigenvalue weighted by atomic mass is 9.75. The highest BCUT2D eigenvalue weighted by Crippen LogP contribution is 2.31. The van der Waals surface area contributed by atoms with Gasteiger partial charge in [-0.2, -0.15) is 9.98 Å². The quantitative estimate of drug-likeness (QED) is 0.491. The van der Waals surface area contributed by atoms with Crippen LogP contribution in [0.1, 0.15) is 33.6 Å². The van der Waals surface area contributed by atoms with Gasteiger partial charge in [-0.15, -0.1) is 0 Å². The second-order valence-electron chi connectivity index (χ2n) is 4.74. The summed E-state index contributed by atoms with van der Waals surface area (Å²) in [7, 11) is 0. The number of nitrogens with zero attached hydrogens (tertiary/aromatic N) is 2. The standard InChI is InChI=1S/C11H20N4O2/c1-10(2,13)11(3,15-8-17)9(14-7-16)5-4-6-12/h9H,4-6,12-13H2,1-3H3. The smallest absolute Gasteiger partial charge is 0.235 e. The molecule has 0 aliphatic heterocycles. The Balaban J connectivity index is 5.36. The summed E-state index contributed by atoms with van der Waals surface area (Å²) in [6.45, 7) is 5.60. The van der Waals surface area contributed by atoms with Gasteiger partial charge in [-0.1, -0.05) is 0 Å². The third-order valence-electron chi connectivity index (χ3n) is 3.12. The molecule has 0 saturated heterocycles. The third-order valence-corrected chi connectivity index (χ3v) is 3.12. The van der Waals surface area contributed by atoms with Crippen LogP contribution in [0.4, 0.5) is 0 Å². The van der Waals surface area contributed by atoms with Crippen LogP contribution in [0, 0.1) is 0 Å². The molecule has 2 atom stereocenters. The Labute approximate surface area is 101 Å². The number of carbonyl (C=O) groups excluding carboxylic acids is 2. The van der Waals surface area contributed by atoms with Crippen molar-refractivity contribution in [2.75, 3.05) is 6.54 Å². The first-order chi connectivity index (χ1) is 7.83. The van der Waals surface area contributed by atoms with Crippen LogP contribution in [0.2, 0.25) is 0 Å². The molecule has 0 saturated carbocycles. The van der Waals surface area contributed by atoms with Gasteiger partial charge in [0.15, 0.2) is 0 Å². The molecule has 0 bridgehead atoms. The van der Waals surface area contributed by atoms with Crippen molar-refractivity contribution < 1.29 is 9.59 Å². The molecular weight excluding hydrogens is 220 g/mol. The zero-order valence-electron chi connectivity index (χ0n) is 10.6. The zero-order valence-corrected chi connectivity index (χ0v) is 10.6. The lowest BCUT2D eigenvalue weighted by Gasteiger charge is -2.40. The maximum Gasteiger partial charge on any atom is 0.235 e. The summed E-state index contributed by atoms with van der Waals surface area (Å²) in [5, 5.41) is 0. The van der Waals surface area contributed by atoms with Crippen molar-refractivity contribution >= 4 is 12.2 Å². The molecule has 0 amide bonds. The van der Waals surface area contributed by atoms with Gasteiger partial charge in [-0.3, -0.25) is 0 Å². The Bertz CT molecular complexity index is 338. The van der Waals surface area contributed by atoms with E-state index in [0.29, 0.717) is 19.4 Å². The molecule has 2 unspecified atom stereocenters. The minimum Gasteiger partial charge on any atom is -0.330 e. The summed E-state index contributed by atoms with van der Waals surface area (Å²) in [6.07, 6.45) is 4.19. The fourth-order valence-electron chi connectivity index (χ4n) is 1.59. The van der Waals surface area contributed by atoms with Crippen LogP contribution in [0.3, 0.4) is 0 Å². The summed E-state index contributed by atoms with van der Waals surface area (Å²) in [5.41, 5.74) is 9.61. The van der Waals surface area contributed by atoms with E-state index in [4.69, 9.17) is 11.5 Å². The van der Waals surface area contributed by atoms with Gasteiger partial charge in [0, 0.05) is 5.54 Å². The minimum absolute atomic E-state index is 0.469. The monoisotopic (exact) mass is 240 g/mol. The van der Waals surface area contributed by atoms with E-state index < -0.39 is 17.1 Å². The van der Waals surface area contributed by atoms with E-state index in [1.54, 1.807) is 20.8 Å². The molecule has 0 heterocycles. The van der Waals surface area contributed by atoms with Gasteiger partial charge >= 0.3 is 0 Å². The van der Waals surface area contributed by atoms with Gasteiger partial charge < -0.3 is 11.5 Å². The number of isocyanates is 2. The normalized spacial score (nSPS) is 16.3. The van der Waals surface area contributed by atoms with Crippen LogP contribution in [0.5, 0.6) is 0 Å². The summed E-state index contributed by atoms with van der Waals surface area (Å²) < 4.78 is 0. The number of hydrogen-bond acceptors (Lipinski definition) is 6. The maximum absolute atomic E-state index is 10.5. The van der Waals surface area contributed by atoms with Crippen LogP contribution in [0.15, 0.2) is 9.98 Å². The van der Waals surface area contributed by atoms with Crippen molar-refractivity contribution in [1.82, 2.24) is 0 Å². The molecule has 0 aliphatic rings. The zero-order chi connectivity index (χ0) is 13.5. The van der Waals surface area contributed by atoms with Crippen molar-refractivity contribution in [3.05, 3.63) is 0 Å². The molecule has 0 aromatic rings. The van der Waals surface area contributed by atoms with E-state index in [0.717, 1.165) is 0 Å². The van der Waals surface area contributed by atoms with Gasteiger partial charge in [0.2, 0.25) is 12.2 Å². The van der Waals surface area contributed by atoms with E-state index in [1.165, 1.54) is 12.2 Å². The second kappa shape index (κ2) is 6.42. The first kappa shape index (κ1) is 15.7. The highest BCUT2D eigenvalue weighted by molar-refractivity contribution is 5.39. The molecule has 0 spiro atoms. The Hall–Kier alpha value is -1.32.